The average Bonchev–Trinajstić information content (AvgIpc) is 3.14. The van der Waals surface area contributed by atoms with Gasteiger partial charge in [0.05, 0.1) is 0 Å². The Kier molecular flexibility index (Phi) is 7.95. The van der Waals surface area contributed by atoms with Gasteiger partial charge in [-0.2, -0.15) is 0 Å². The van der Waals surface area contributed by atoms with Gasteiger partial charge in [0.15, 0.2) is 0 Å². The molecular formula is C38H35NO2. The number of carbonyl (C=O) groups excluding carboxylic acids is 1. The van der Waals surface area contributed by atoms with Gasteiger partial charge in [0, 0.05) is 35.5 Å². The molecule has 0 N–H and O–H groups in total. The Morgan fingerprint density at radius 3 is 2.07 bits per heavy atom. The van der Waals surface area contributed by atoms with Gasteiger partial charge < -0.3 is 9.64 Å². The van der Waals surface area contributed by atoms with Crippen LogP contribution in [0.1, 0.15) is 65.8 Å². The Morgan fingerprint density at radius 2 is 1.39 bits per heavy atom. The molecule has 41 heavy (non-hydrogen) atoms. The van der Waals surface area contributed by atoms with Crippen LogP contribution in [0.25, 0.3) is 17.7 Å². The van der Waals surface area contributed by atoms with Gasteiger partial charge >= 0.3 is 5.97 Å². The molecule has 1 aliphatic heterocycles. The predicted molar refractivity (Wildman–Crippen MR) is 170 cm³/mol. The first-order valence-electron chi connectivity index (χ1n) is 14.6. The van der Waals surface area contributed by atoms with Gasteiger partial charge in [0.2, 0.25) is 0 Å². The Balaban J connectivity index is 1.34. The quantitative estimate of drug-likeness (QED) is 0.102. The van der Waals surface area contributed by atoms with E-state index in [0.717, 1.165) is 5.56 Å². The van der Waals surface area contributed by atoms with Gasteiger partial charge in [0.25, 0.3) is 0 Å². The zero-order valence-corrected chi connectivity index (χ0v) is 23.3. The van der Waals surface area contributed by atoms with E-state index in [2.05, 4.69) is 109 Å². The molecule has 0 bridgehead atoms. The summed E-state index contributed by atoms with van der Waals surface area (Å²) in [6, 6.07) is 36.4. The molecule has 0 saturated heterocycles. The number of rotatable bonds is 7. The first-order valence-corrected chi connectivity index (χ1v) is 14.6. The molecule has 4 aromatic rings. The topological polar surface area (TPSA) is 29.5 Å². The average molecular weight is 538 g/mol. The number of esters is 1. The van der Waals surface area contributed by atoms with Crippen molar-refractivity contribution in [3.63, 3.8) is 0 Å². The molecular weight excluding hydrogens is 502 g/mol. The van der Waals surface area contributed by atoms with Gasteiger partial charge in [-0.3, -0.25) is 0 Å². The molecule has 2 atom stereocenters. The minimum absolute atomic E-state index is 0.452. The van der Waals surface area contributed by atoms with Crippen LogP contribution < -0.4 is 9.64 Å². The fraction of sp³-hybridized carbons (Fsp3) is 0.184. The number of benzene rings is 4. The Morgan fingerprint density at radius 1 is 0.756 bits per heavy atom. The van der Waals surface area contributed by atoms with Crippen LogP contribution in [-0.4, -0.2) is 12.0 Å². The number of hydrogen-bond acceptors (Lipinski definition) is 3. The zero-order chi connectivity index (χ0) is 28.0. The van der Waals surface area contributed by atoms with E-state index >= 15 is 0 Å². The van der Waals surface area contributed by atoms with Crippen LogP contribution >= 0.6 is 0 Å². The van der Waals surface area contributed by atoms with Crippen LogP contribution in [0.4, 0.5) is 5.69 Å². The summed E-state index contributed by atoms with van der Waals surface area (Å²) in [6.07, 6.45) is 14.2. The van der Waals surface area contributed by atoms with Crippen LogP contribution in [0, 0.1) is 0 Å². The monoisotopic (exact) mass is 537 g/mol. The highest BCUT2D eigenvalue weighted by Crippen LogP contribution is 2.48. The van der Waals surface area contributed by atoms with E-state index in [1.807, 2.05) is 12.1 Å². The second-order valence-corrected chi connectivity index (χ2v) is 10.8. The first-order chi connectivity index (χ1) is 20.2. The van der Waals surface area contributed by atoms with E-state index in [1.54, 1.807) is 12.1 Å². The third kappa shape index (κ3) is 5.95. The molecule has 1 saturated carbocycles. The fourth-order valence-electron chi connectivity index (χ4n) is 6.22. The molecule has 0 aromatic heterocycles. The van der Waals surface area contributed by atoms with Crippen LogP contribution in [0.3, 0.4) is 0 Å². The number of anilines is 1. The van der Waals surface area contributed by atoms with Gasteiger partial charge in [0.1, 0.15) is 5.75 Å². The summed E-state index contributed by atoms with van der Waals surface area (Å²) in [4.78, 5) is 14.0. The number of fused-ring (bicyclic) bond motifs is 3. The minimum atomic E-state index is -0.452. The predicted octanol–water partition coefficient (Wildman–Crippen LogP) is 9.27. The number of hydrogen-bond donors (Lipinski definition) is 0. The second-order valence-electron chi connectivity index (χ2n) is 10.8. The molecule has 1 heterocycles. The lowest BCUT2D eigenvalue weighted by atomic mass is 9.90. The Labute approximate surface area is 243 Å². The fourth-order valence-corrected chi connectivity index (χ4v) is 6.22. The summed E-state index contributed by atoms with van der Waals surface area (Å²) in [5, 5.41) is 0. The summed E-state index contributed by atoms with van der Waals surface area (Å²) >= 11 is 0. The van der Waals surface area contributed by atoms with Crippen LogP contribution in [0.2, 0.25) is 0 Å². The highest BCUT2D eigenvalue weighted by Gasteiger charge is 2.38. The van der Waals surface area contributed by atoms with Crippen molar-refractivity contribution in [1.82, 2.24) is 0 Å². The summed E-state index contributed by atoms with van der Waals surface area (Å²) < 4.78 is 5.20. The van der Waals surface area contributed by atoms with Crippen molar-refractivity contribution < 1.29 is 9.53 Å². The molecule has 204 valence electrons. The number of carbonyl (C=O) groups is 1. The van der Waals surface area contributed by atoms with Crippen molar-refractivity contribution >= 4 is 29.4 Å². The maximum Gasteiger partial charge on any atom is 0.335 e. The van der Waals surface area contributed by atoms with Crippen LogP contribution in [0.15, 0.2) is 122 Å². The van der Waals surface area contributed by atoms with Crippen molar-refractivity contribution in [2.75, 3.05) is 4.90 Å². The number of nitrogens with zero attached hydrogens (tertiary/aromatic N) is 1. The largest absolute Gasteiger partial charge is 0.423 e. The van der Waals surface area contributed by atoms with Crippen LogP contribution in [-0.2, 0) is 4.79 Å². The van der Waals surface area contributed by atoms with Crippen molar-refractivity contribution in [3.8, 4) is 5.75 Å². The molecule has 3 heteroatoms. The maximum absolute atomic E-state index is 11.5. The van der Waals surface area contributed by atoms with Crippen molar-refractivity contribution in [1.29, 1.82) is 0 Å². The molecule has 2 aliphatic rings. The molecule has 1 aliphatic carbocycles. The van der Waals surface area contributed by atoms with Gasteiger partial charge in [-0.1, -0.05) is 117 Å². The van der Waals surface area contributed by atoms with E-state index in [0.29, 0.717) is 17.7 Å². The third-order valence-corrected chi connectivity index (χ3v) is 8.24. The normalized spacial score (nSPS) is 17.8. The minimum Gasteiger partial charge on any atom is -0.423 e. The smallest absolute Gasteiger partial charge is 0.335 e. The molecule has 3 nitrogen and oxygen atoms in total. The molecule has 0 radical (unpaired) electrons. The summed E-state index contributed by atoms with van der Waals surface area (Å²) in [5.41, 5.74) is 8.78. The molecule has 6 rings (SSSR count). The van der Waals surface area contributed by atoms with E-state index in [-0.39, 0.29) is 0 Å². The highest BCUT2D eigenvalue weighted by molar-refractivity contribution is 5.84. The third-order valence-electron chi connectivity index (χ3n) is 8.24. The van der Waals surface area contributed by atoms with E-state index in [9.17, 15) is 4.79 Å². The van der Waals surface area contributed by atoms with Gasteiger partial charge in [-0.25, -0.2) is 4.79 Å². The summed E-state index contributed by atoms with van der Waals surface area (Å²) in [6.45, 7) is 3.45. The van der Waals surface area contributed by atoms with E-state index in [4.69, 9.17) is 4.74 Å². The SMILES string of the molecule is C=CC(=O)Oc1ccc(C=Cc2ccc3c(c2)C2CCCCCC2N3C=C(c2ccccc2)c2ccccc2)cc1. The van der Waals surface area contributed by atoms with Crippen LogP contribution in [0.5, 0.6) is 5.75 Å². The zero-order valence-electron chi connectivity index (χ0n) is 23.3. The highest BCUT2D eigenvalue weighted by atomic mass is 16.5. The lowest BCUT2D eigenvalue weighted by Crippen LogP contribution is -2.29. The molecule has 0 spiro atoms. The lowest BCUT2D eigenvalue weighted by molar-refractivity contribution is -0.128. The molecule has 1 fully saturated rings. The number of ether oxygens (including phenoxy) is 1. The maximum atomic E-state index is 11.5. The summed E-state index contributed by atoms with van der Waals surface area (Å²) in [5.74, 6) is 0.595. The van der Waals surface area contributed by atoms with Crippen molar-refractivity contribution in [2.45, 2.75) is 44.1 Å². The second kappa shape index (κ2) is 12.3. The first kappa shape index (κ1) is 26.6. The van der Waals surface area contributed by atoms with Gasteiger partial charge in [-0.15, -0.1) is 0 Å². The van der Waals surface area contributed by atoms with Crippen molar-refractivity contribution in [3.05, 3.63) is 150 Å². The Bertz CT molecular complexity index is 1530. The van der Waals surface area contributed by atoms with E-state index < -0.39 is 5.97 Å². The standard InChI is InChI=1S/C38H35NO2/c1-2-38(40)41-32-23-20-28(21-24-32)18-19-29-22-25-37-34(26-29)33-16-10-5-11-17-36(33)39(37)27-35(30-12-6-3-7-13-30)31-14-8-4-9-15-31/h2-4,6-9,12-15,18-27,33,36H,1,5,10-11,16-17H2. The van der Waals surface area contributed by atoms with E-state index in [1.165, 1.54) is 71.7 Å². The molecule has 2 unspecified atom stereocenters. The lowest BCUT2D eigenvalue weighted by Gasteiger charge is -2.28. The summed E-state index contributed by atoms with van der Waals surface area (Å²) in [7, 11) is 0. The Hall–Kier alpha value is -4.63. The molecule has 4 aromatic carbocycles. The van der Waals surface area contributed by atoms with Crippen molar-refractivity contribution in [2.24, 2.45) is 0 Å². The van der Waals surface area contributed by atoms with Gasteiger partial charge in [-0.05, 0) is 64.9 Å². The molecule has 0 amide bonds.